The third-order valence-corrected chi connectivity index (χ3v) is 0.175. The van der Waals surface area contributed by atoms with E-state index in [9.17, 15) is 9.59 Å². The summed E-state index contributed by atoms with van der Waals surface area (Å²) in [5.41, 5.74) is 0. The Kier molecular flexibility index (Phi) is 30.8. The quantitative estimate of drug-likeness (QED) is 0.176. The summed E-state index contributed by atoms with van der Waals surface area (Å²) in [6.45, 7) is 0. The zero-order valence-corrected chi connectivity index (χ0v) is 12.4. The van der Waals surface area contributed by atoms with Crippen LogP contribution >= 0.6 is 0 Å². The van der Waals surface area contributed by atoms with E-state index >= 15 is 0 Å². The fourth-order valence-electron chi connectivity index (χ4n) is 0.0747. The number of ether oxygens (including phenoxy) is 1. The van der Waals surface area contributed by atoms with Gasteiger partial charge in [0.25, 0.3) is 0 Å². The van der Waals surface area contributed by atoms with Gasteiger partial charge in [0.2, 0.25) is 0 Å². The minimum absolute atomic E-state index is 0. The average molecular weight is 199 g/mol. The van der Waals surface area contributed by atoms with Gasteiger partial charge in [-0.25, -0.2) is 9.59 Å². The van der Waals surface area contributed by atoms with Gasteiger partial charge in [0.05, 0.1) is 0 Å². The monoisotopic (exact) mass is 199 g/mol. The molecule has 7 heteroatoms. The summed E-state index contributed by atoms with van der Waals surface area (Å²) in [6.07, 6.45) is -3.62. The van der Waals surface area contributed by atoms with Crippen molar-refractivity contribution >= 4 is 12.3 Å². The molecule has 0 bridgehead atoms. The SMILES string of the molecule is O=C(O)OC(=O)O.[CH3-].[K+].[K+]. The number of hydrogen-bond donors (Lipinski definition) is 2. The van der Waals surface area contributed by atoms with Gasteiger partial charge in [-0.1, -0.05) is 0 Å². The molecule has 0 saturated heterocycles. The van der Waals surface area contributed by atoms with E-state index in [1.165, 1.54) is 0 Å². The predicted octanol–water partition coefficient (Wildman–Crippen LogP) is -5.18. The second-order valence-electron chi connectivity index (χ2n) is 0.634. The number of hydrogen-bond acceptors (Lipinski definition) is 3. The molecule has 2 N–H and O–H groups in total. The van der Waals surface area contributed by atoms with Crippen LogP contribution in [0.5, 0.6) is 0 Å². The van der Waals surface area contributed by atoms with E-state index in [2.05, 4.69) is 4.74 Å². The van der Waals surface area contributed by atoms with Crippen LogP contribution in [-0.2, 0) is 4.74 Å². The van der Waals surface area contributed by atoms with Crippen LogP contribution in [0.3, 0.4) is 0 Å². The second kappa shape index (κ2) is 13.6. The van der Waals surface area contributed by atoms with Crippen LogP contribution in [-0.4, -0.2) is 22.5 Å². The Morgan fingerprint density at radius 3 is 1.20 bits per heavy atom. The molecule has 0 aromatic carbocycles. The van der Waals surface area contributed by atoms with Crippen LogP contribution in [0.15, 0.2) is 0 Å². The topological polar surface area (TPSA) is 83.8 Å². The molecule has 0 fully saturated rings. The largest absolute Gasteiger partial charge is 1.00 e. The Morgan fingerprint density at radius 1 is 1.00 bits per heavy atom. The Labute approximate surface area is 143 Å². The van der Waals surface area contributed by atoms with Crippen LogP contribution in [0.25, 0.3) is 0 Å². The molecule has 5 nitrogen and oxygen atoms in total. The molecule has 0 unspecified atom stereocenters. The molecule has 0 atom stereocenters. The van der Waals surface area contributed by atoms with E-state index in [1.807, 2.05) is 0 Å². The first-order chi connectivity index (χ1) is 3.13. The smallest absolute Gasteiger partial charge is 0.449 e. The first kappa shape index (κ1) is 22.7. The first-order valence-electron chi connectivity index (χ1n) is 1.26. The van der Waals surface area contributed by atoms with Gasteiger partial charge in [0.1, 0.15) is 0 Å². The number of carbonyl (C=O) groups is 2. The predicted molar refractivity (Wildman–Crippen MR) is 23.5 cm³/mol. The molecule has 0 amide bonds. The standard InChI is InChI=1S/C2H2O5.CH3.2K/c3-1(4)7-2(5)6;;;/h(H,3,4)(H,5,6);1H3;;/q;-1;2*+1. The molecule has 0 aliphatic carbocycles. The molecule has 0 aliphatic heterocycles. The molecule has 48 valence electrons. The van der Waals surface area contributed by atoms with Crippen molar-refractivity contribution in [3.63, 3.8) is 0 Å². The molecular formula is C3H5K2O5+. The molecule has 0 saturated carbocycles. The van der Waals surface area contributed by atoms with E-state index in [1.54, 1.807) is 0 Å². The summed E-state index contributed by atoms with van der Waals surface area (Å²) >= 11 is 0. The molecule has 0 aromatic heterocycles. The van der Waals surface area contributed by atoms with Gasteiger partial charge in [-0.3, -0.25) is 0 Å². The minimum atomic E-state index is -1.81. The van der Waals surface area contributed by atoms with Crippen molar-refractivity contribution in [2.45, 2.75) is 0 Å². The zero-order valence-electron chi connectivity index (χ0n) is 6.12. The van der Waals surface area contributed by atoms with Crippen LogP contribution in [0.4, 0.5) is 9.59 Å². The molecule has 0 heterocycles. The normalized spacial score (nSPS) is 5.20. The van der Waals surface area contributed by atoms with Crippen molar-refractivity contribution < 1.29 is 127 Å². The number of rotatable bonds is 0. The Hall–Kier alpha value is 2.01. The van der Waals surface area contributed by atoms with Crippen molar-refractivity contribution in [3.05, 3.63) is 7.43 Å². The molecule has 0 rings (SSSR count). The molecule has 0 aliphatic rings. The summed E-state index contributed by atoms with van der Waals surface area (Å²) in [6, 6.07) is 0. The van der Waals surface area contributed by atoms with Gasteiger partial charge in [-0.05, 0) is 0 Å². The summed E-state index contributed by atoms with van der Waals surface area (Å²) < 4.78 is 3.08. The molecule has 0 spiro atoms. The van der Waals surface area contributed by atoms with Gasteiger partial charge < -0.3 is 22.4 Å². The van der Waals surface area contributed by atoms with Crippen molar-refractivity contribution in [1.29, 1.82) is 0 Å². The Morgan fingerprint density at radius 2 is 1.20 bits per heavy atom. The molecule has 10 heavy (non-hydrogen) atoms. The van der Waals surface area contributed by atoms with E-state index in [0.29, 0.717) is 0 Å². The van der Waals surface area contributed by atoms with Crippen molar-refractivity contribution in [2.24, 2.45) is 0 Å². The van der Waals surface area contributed by atoms with Gasteiger partial charge >= 0.3 is 115 Å². The Bertz CT molecular complexity index is 91.1. The van der Waals surface area contributed by atoms with Crippen LogP contribution < -0.4 is 103 Å². The molecule has 0 aromatic rings. The van der Waals surface area contributed by atoms with Gasteiger partial charge in [-0.2, -0.15) is 0 Å². The second-order valence-corrected chi connectivity index (χ2v) is 0.634. The van der Waals surface area contributed by atoms with E-state index in [-0.39, 0.29) is 110 Å². The van der Waals surface area contributed by atoms with Gasteiger partial charge in [-0.15, -0.1) is 0 Å². The third kappa shape index (κ3) is 22.5. The molecule has 0 radical (unpaired) electrons. The van der Waals surface area contributed by atoms with E-state index in [4.69, 9.17) is 10.2 Å². The first-order valence-corrected chi connectivity index (χ1v) is 1.26. The number of carboxylic acid groups (broad SMARTS) is 2. The van der Waals surface area contributed by atoms with Crippen LogP contribution in [0, 0.1) is 7.43 Å². The van der Waals surface area contributed by atoms with Gasteiger partial charge in [0.15, 0.2) is 0 Å². The fraction of sp³-hybridized carbons (Fsp3) is 0. The van der Waals surface area contributed by atoms with Crippen molar-refractivity contribution in [2.75, 3.05) is 0 Å². The molecular weight excluding hydrogens is 194 g/mol. The fourth-order valence-corrected chi connectivity index (χ4v) is 0.0747. The summed E-state index contributed by atoms with van der Waals surface area (Å²) in [5, 5.41) is 15.0. The summed E-state index contributed by atoms with van der Waals surface area (Å²) in [5.74, 6) is 0. The van der Waals surface area contributed by atoms with E-state index in [0.717, 1.165) is 0 Å². The van der Waals surface area contributed by atoms with E-state index < -0.39 is 12.3 Å². The summed E-state index contributed by atoms with van der Waals surface area (Å²) in [7, 11) is 0. The Balaban J connectivity index is -0.0000000600. The van der Waals surface area contributed by atoms with Crippen LogP contribution in [0.1, 0.15) is 0 Å². The third-order valence-electron chi connectivity index (χ3n) is 0.175. The van der Waals surface area contributed by atoms with Crippen molar-refractivity contribution in [1.82, 2.24) is 0 Å². The maximum Gasteiger partial charge on any atom is 1.00 e. The maximum absolute atomic E-state index is 9.21. The zero-order chi connectivity index (χ0) is 5.86. The van der Waals surface area contributed by atoms with Crippen LogP contribution in [0.2, 0.25) is 0 Å². The average Bonchev–Trinajstić information content (AvgIpc) is 1.27. The summed E-state index contributed by atoms with van der Waals surface area (Å²) in [4.78, 5) is 18.4. The van der Waals surface area contributed by atoms with Gasteiger partial charge in [0, 0.05) is 0 Å². The van der Waals surface area contributed by atoms with Crippen molar-refractivity contribution in [3.8, 4) is 0 Å². The maximum atomic E-state index is 9.21. The minimum Gasteiger partial charge on any atom is -0.449 e.